The van der Waals surface area contributed by atoms with Crippen molar-refractivity contribution < 1.29 is 19.4 Å². The maximum Gasteiger partial charge on any atom is 0.410 e. The van der Waals surface area contributed by atoms with Gasteiger partial charge in [-0.05, 0) is 39.5 Å². The van der Waals surface area contributed by atoms with Gasteiger partial charge < -0.3 is 20.5 Å². The monoisotopic (exact) mass is 272 g/mol. The van der Waals surface area contributed by atoms with Crippen LogP contribution in [0.3, 0.4) is 0 Å². The number of aliphatic carboxylic acids is 1. The second kappa shape index (κ2) is 6.23. The maximum atomic E-state index is 11.9. The first-order valence-electron chi connectivity index (χ1n) is 6.64. The summed E-state index contributed by atoms with van der Waals surface area (Å²) in [4.78, 5) is 24.0. The third kappa shape index (κ3) is 5.46. The van der Waals surface area contributed by atoms with Gasteiger partial charge in [-0.2, -0.15) is 0 Å². The van der Waals surface area contributed by atoms with Gasteiger partial charge in [-0.15, -0.1) is 0 Å². The van der Waals surface area contributed by atoms with Gasteiger partial charge >= 0.3 is 12.1 Å². The van der Waals surface area contributed by atoms with Crippen LogP contribution >= 0.6 is 0 Å². The highest BCUT2D eigenvalue weighted by atomic mass is 16.6. The highest BCUT2D eigenvalue weighted by Gasteiger charge is 2.31. The van der Waals surface area contributed by atoms with Gasteiger partial charge in [0, 0.05) is 25.6 Å². The first-order valence-corrected chi connectivity index (χ1v) is 6.64. The van der Waals surface area contributed by atoms with Gasteiger partial charge in [0.25, 0.3) is 0 Å². The number of hydrogen-bond acceptors (Lipinski definition) is 4. The number of nitrogens with two attached hydrogens (primary N) is 1. The molecule has 1 amide bonds. The van der Waals surface area contributed by atoms with E-state index < -0.39 is 11.6 Å². The molecule has 1 aliphatic rings. The van der Waals surface area contributed by atoms with E-state index in [1.807, 2.05) is 20.8 Å². The fraction of sp³-hybridized carbons (Fsp3) is 0.846. The lowest BCUT2D eigenvalue weighted by Gasteiger charge is -2.37. The summed E-state index contributed by atoms with van der Waals surface area (Å²) >= 11 is 0. The molecular formula is C13H24N2O4. The van der Waals surface area contributed by atoms with Gasteiger partial charge in [0.1, 0.15) is 5.60 Å². The normalized spacial score (nSPS) is 24.1. The third-order valence-corrected chi connectivity index (χ3v) is 3.19. The summed E-state index contributed by atoms with van der Waals surface area (Å²) in [7, 11) is 0. The molecule has 3 N–H and O–H groups in total. The van der Waals surface area contributed by atoms with Crippen LogP contribution in [0, 0.1) is 5.92 Å². The lowest BCUT2D eigenvalue weighted by atomic mass is 9.88. The predicted octanol–water partition coefficient (Wildman–Crippen LogP) is 1.44. The van der Waals surface area contributed by atoms with Crippen molar-refractivity contribution in [3.63, 3.8) is 0 Å². The zero-order valence-electron chi connectivity index (χ0n) is 11.9. The topological polar surface area (TPSA) is 92.9 Å². The molecule has 6 heteroatoms. The zero-order valence-corrected chi connectivity index (χ0v) is 11.9. The molecule has 0 aromatic heterocycles. The number of carbonyl (C=O) groups excluding carboxylic acids is 1. The van der Waals surface area contributed by atoms with Crippen molar-refractivity contribution in [2.75, 3.05) is 13.1 Å². The fourth-order valence-corrected chi connectivity index (χ4v) is 2.19. The summed E-state index contributed by atoms with van der Waals surface area (Å²) in [5, 5.41) is 8.67. The van der Waals surface area contributed by atoms with Crippen molar-refractivity contribution in [2.24, 2.45) is 11.7 Å². The number of nitrogens with zero attached hydrogens (tertiary/aromatic N) is 1. The summed E-state index contributed by atoms with van der Waals surface area (Å²) < 4.78 is 5.30. The first-order chi connectivity index (χ1) is 8.69. The molecule has 0 saturated carbocycles. The van der Waals surface area contributed by atoms with Gasteiger partial charge in [0.15, 0.2) is 0 Å². The van der Waals surface area contributed by atoms with E-state index in [0.29, 0.717) is 19.5 Å². The number of amides is 1. The first kappa shape index (κ1) is 15.8. The van der Waals surface area contributed by atoms with Crippen LogP contribution in [0.25, 0.3) is 0 Å². The minimum Gasteiger partial charge on any atom is -0.481 e. The van der Waals surface area contributed by atoms with Gasteiger partial charge in [-0.25, -0.2) is 4.79 Å². The molecule has 19 heavy (non-hydrogen) atoms. The van der Waals surface area contributed by atoms with Crippen LogP contribution in [0.15, 0.2) is 0 Å². The molecule has 0 bridgehead atoms. The van der Waals surface area contributed by atoms with Gasteiger partial charge in [0.05, 0.1) is 0 Å². The highest BCUT2D eigenvalue weighted by Crippen LogP contribution is 2.22. The van der Waals surface area contributed by atoms with Crippen molar-refractivity contribution >= 4 is 12.1 Å². The number of hydrogen-bond donors (Lipinski definition) is 2. The molecule has 2 atom stereocenters. The Morgan fingerprint density at radius 3 is 2.53 bits per heavy atom. The van der Waals surface area contributed by atoms with Gasteiger partial charge in [-0.1, -0.05) is 0 Å². The molecule has 0 spiro atoms. The van der Waals surface area contributed by atoms with Gasteiger partial charge in [-0.3, -0.25) is 4.79 Å². The number of likely N-dealkylation sites (tertiary alicyclic amines) is 1. The number of carbonyl (C=O) groups is 2. The maximum absolute atomic E-state index is 11.9. The number of carboxylic acid groups (broad SMARTS) is 1. The van der Waals surface area contributed by atoms with E-state index >= 15 is 0 Å². The summed E-state index contributed by atoms with van der Waals surface area (Å²) in [5.74, 6) is -0.642. The molecule has 0 aromatic carbocycles. The average molecular weight is 272 g/mol. The van der Waals surface area contributed by atoms with E-state index in [4.69, 9.17) is 15.6 Å². The van der Waals surface area contributed by atoms with E-state index in [9.17, 15) is 9.59 Å². The van der Waals surface area contributed by atoms with Crippen LogP contribution < -0.4 is 5.73 Å². The van der Waals surface area contributed by atoms with Crippen LogP contribution in [-0.2, 0) is 9.53 Å². The van der Waals surface area contributed by atoms with Crippen molar-refractivity contribution in [2.45, 2.75) is 51.7 Å². The second-order valence-electron chi connectivity index (χ2n) is 6.07. The average Bonchev–Trinajstić information content (AvgIpc) is 2.24. The number of ether oxygens (including phenoxy) is 1. The van der Waals surface area contributed by atoms with E-state index in [1.54, 1.807) is 4.90 Å². The number of rotatable bonds is 3. The zero-order chi connectivity index (χ0) is 14.6. The summed E-state index contributed by atoms with van der Waals surface area (Å²) in [6.45, 7) is 6.48. The second-order valence-corrected chi connectivity index (χ2v) is 6.07. The predicted molar refractivity (Wildman–Crippen MR) is 70.8 cm³/mol. The molecule has 0 unspecified atom stereocenters. The molecule has 110 valence electrons. The number of carboxylic acids is 1. The minimum absolute atomic E-state index is 0.130. The van der Waals surface area contributed by atoms with Crippen LogP contribution in [-0.4, -0.2) is 46.8 Å². The lowest BCUT2D eigenvalue weighted by Crippen LogP contribution is -2.51. The third-order valence-electron chi connectivity index (χ3n) is 3.19. The Hall–Kier alpha value is -1.30. The lowest BCUT2D eigenvalue weighted by molar-refractivity contribution is -0.137. The van der Waals surface area contributed by atoms with Crippen molar-refractivity contribution in [3.8, 4) is 0 Å². The van der Waals surface area contributed by atoms with E-state index in [2.05, 4.69) is 0 Å². The summed E-state index contributed by atoms with van der Waals surface area (Å²) in [5.41, 5.74) is 5.50. The van der Waals surface area contributed by atoms with E-state index in [1.165, 1.54) is 0 Å². The molecule has 0 radical (unpaired) electrons. The summed E-state index contributed by atoms with van der Waals surface area (Å²) in [6.07, 6.45) is 1.08. The van der Waals surface area contributed by atoms with Crippen LogP contribution in [0.4, 0.5) is 4.79 Å². The Morgan fingerprint density at radius 2 is 2.05 bits per heavy atom. The van der Waals surface area contributed by atoms with Crippen molar-refractivity contribution in [1.82, 2.24) is 4.90 Å². The summed E-state index contributed by atoms with van der Waals surface area (Å²) in [6, 6.07) is -0.180. The van der Waals surface area contributed by atoms with E-state index in [-0.39, 0.29) is 24.5 Å². The van der Waals surface area contributed by atoms with Crippen molar-refractivity contribution in [1.29, 1.82) is 0 Å². The van der Waals surface area contributed by atoms with Crippen LogP contribution in [0.1, 0.15) is 40.0 Å². The molecule has 1 saturated heterocycles. The fourth-order valence-electron chi connectivity index (χ4n) is 2.19. The molecule has 1 fully saturated rings. The minimum atomic E-state index is -0.804. The standard InChI is InChI=1S/C13H24N2O4/c1-13(2,3)19-12(18)15-7-6-9(10(14)8-15)4-5-11(16)17/h9-10H,4-8,14H2,1-3H3,(H,16,17)/t9-,10-/m0/s1. The number of piperidine rings is 1. The highest BCUT2D eigenvalue weighted by molar-refractivity contribution is 5.68. The largest absolute Gasteiger partial charge is 0.481 e. The smallest absolute Gasteiger partial charge is 0.410 e. The Bertz CT molecular complexity index is 338. The molecular weight excluding hydrogens is 248 g/mol. The Morgan fingerprint density at radius 1 is 1.42 bits per heavy atom. The molecule has 1 heterocycles. The van der Waals surface area contributed by atoms with Crippen molar-refractivity contribution in [3.05, 3.63) is 0 Å². The Labute approximate surface area is 113 Å². The molecule has 1 rings (SSSR count). The van der Waals surface area contributed by atoms with Crippen LogP contribution in [0.2, 0.25) is 0 Å². The van der Waals surface area contributed by atoms with Gasteiger partial charge in [0.2, 0.25) is 0 Å². The molecule has 6 nitrogen and oxygen atoms in total. The molecule has 1 aliphatic heterocycles. The Balaban J connectivity index is 2.44. The SMILES string of the molecule is CC(C)(C)OC(=O)N1CC[C@H](CCC(=O)O)[C@@H](N)C1. The Kier molecular flexibility index (Phi) is 5.17. The van der Waals surface area contributed by atoms with Crippen LogP contribution in [0.5, 0.6) is 0 Å². The van der Waals surface area contributed by atoms with E-state index in [0.717, 1.165) is 6.42 Å². The molecule has 0 aromatic rings. The quantitative estimate of drug-likeness (QED) is 0.810. The molecule has 0 aliphatic carbocycles.